The second-order valence-corrected chi connectivity index (χ2v) is 2.82. The first-order valence-corrected chi connectivity index (χ1v) is 4.32. The first kappa shape index (κ1) is 9.26. The molecule has 74 valence electrons. The van der Waals surface area contributed by atoms with Crippen molar-refractivity contribution in [2.75, 3.05) is 5.32 Å². The number of nitrogens with one attached hydrogen (secondary N) is 1. The third-order valence-electron chi connectivity index (χ3n) is 1.74. The van der Waals surface area contributed by atoms with E-state index in [1.807, 2.05) is 0 Å². The number of hydrogen-bond donors (Lipinski definition) is 1. The van der Waals surface area contributed by atoms with Gasteiger partial charge in [0.15, 0.2) is 0 Å². The molecule has 0 aliphatic heterocycles. The van der Waals surface area contributed by atoms with E-state index in [1.165, 1.54) is 24.9 Å². The number of amides is 1. The van der Waals surface area contributed by atoms with Crippen LogP contribution >= 0.6 is 0 Å². The van der Waals surface area contributed by atoms with Crippen LogP contribution in [0.25, 0.3) is 0 Å². The zero-order valence-corrected chi connectivity index (χ0v) is 7.79. The molecule has 5 heteroatoms. The Morgan fingerprint density at radius 2 is 1.93 bits per heavy atom. The first-order valence-electron chi connectivity index (χ1n) is 4.32. The van der Waals surface area contributed by atoms with E-state index in [1.54, 1.807) is 18.3 Å². The largest absolute Gasteiger partial charge is 0.319 e. The van der Waals surface area contributed by atoms with Crippen LogP contribution < -0.4 is 5.32 Å². The molecule has 2 aromatic rings. The number of rotatable bonds is 2. The molecular formula is C10H8N4O. The number of carbonyl (C=O) groups excluding carboxylic acids is 1. The van der Waals surface area contributed by atoms with Gasteiger partial charge < -0.3 is 5.32 Å². The molecule has 0 radical (unpaired) electrons. The van der Waals surface area contributed by atoms with Gasteiger partial charge in [-0.2, -0.15) is 0 Å². The Morgan fingerprint density at radius 3 is 2.60 bits per heavy atom. The fourth-order valence-corrected chi connectivity index (χ4v) is 1.06. The summed E-state index contributed by atoms with van der Waals surface area (Å²) >= 11 is 0. The summed E-state index contributed by atoms with van der Waals surface area (Å²) in [5.74, 6) is -0.224. The van der Waals surface area contributed by atoms with Crippen molar-refractivity contribution in [3.63, 3.8) is 0 Å². The summed E-state index contributed by atoms with van der Waals surface area (Å²) in [5, 5.41) is 2.65. The van der Waals surface area contributed by atoms with E-state index in [4.69, 9.17) is 0 Å². The minimum atomic E-state index is -0.224. The van der Waals surface area contributed by atoms with E-state index < -0.39 is 0 Å². The van der Waals surface area contributed by atoms with Gasteiger partial charge in [-0.15, -0.1) is 0 Å². The fraction of sp³-hybridized carbons (Fsp3) is 0. The molecule has 0 spiro atoms. The van der Waals surface area contributed by atoms with Gasteiger partial charge in [0.25, 0.3) is 5.91 Å². The van der Waals surface area contributed by atoms with Gasteiger partial charge in [-0.25, -0.2) is 9.97 Å². The average Bonchev–Trinajstić information content (AvgIpc) is 2.31. The van der Waals surface area contributed by atoms with Crippen LogP contribution in [0.3, 0.4) is 0 Å². The number of hydrogen-bond acceptors (Lipinski definition) is 4. The van der Waals surface area contributed by atoms with Gasteiger partial charge >= 0.3 is 0 Å². The summed E-state index contributed by atoms with van der Waals surface area (Å²) in [6, 6.07) is 3.39. The maximum absolute atomic E-state index is 11.6. The van der Waals surface area contributed by atoms with Crippen molar-refractivity contribution in [1.82, 2.24) is 15.0 Å². The van der Waals surface area contributed by atoms with Crippen LogP contribution in [0.4, 0.5) is 5.69 Å². The van der Waals surface area contributed by atoms with Crippen molar-refractivity contribution in [1.29, 1.82) is 0 Å². The topological polar surface area (TPSA) is 67.8 Å². The molecule has 1 N–H and O–H groups in total. The minimum Gasteiger partial charge on any atom is -0.319 e. The Bertz CT molecular complexity index is 443. The van der Waals surface area contributed by atoms with Crippen LogP contribution in [0.1, 0.15) is 10.4 Å². The van der Waals surface area contributed by atoms with E-state index in [9.17, 15) is 4.79 Å². The molecule has 2 rings (SSSR count). The number of nitrogens with zero attached hydrogens (tertiary/aromatic N) is 3. The Hall–Kier alpha value is -2.30. The average molecular weight is 200 g/mol. The second kappa shape index (κ2) is 4.28. The smallest absolute Gasteiger partial charge is 0.257 e. The zero-order chi connectivity index (χ0) is 10.5. The number of carbonyl (C=O) groups is 1. The highest BCUT2D eigenvalue weighted by molar-refractivity contribution is 6.03. The van der Waals surface area contributed by atoms with Crippen molar-refractivity contribution in [2.24, 2.45) is 0 Å². The SMILES string of the molecule is O=C(Nc1cncnc1)c1cccnc1. The van der Waals surface area contributed by atoms with Crippen molar-refractivity contribution < 1.29 is 4.79 Å². The van der Waals surface area contributed by atoms with Gasteiger partial charge in [-0.05, 0) is 12.1 Å². The van der Waals surface area contributed by atoms with E-state index in [-0.39, 0.29) is 5.91 Å². The third kappa shape index (κ3) is 2.34. The predicted octanol–water partition coefficient (Wildman–Crippen LogP) is 1.12. The lowest BCUT2D eigenvalue weighted by atomic mass is 10.2. The predicted molar refractivity (Wildman–Crippen MR) is 54.2 cm³/mol. The van der Waals surface area contributed by atoms with Crippen molar-refractivity contribution in [2.45, 2.75) is 0 Å². The molecule has 2 aromatic heterocycles. The Kier molecular flexibility index (Phi) is 2.64. The standard InChI is InChI=1S/C10H8N4O/c15-10(8-2-1-3-11-4-8)14-9-5-12-7-13-6-9/h1-7H,(H,14,15). The first-order chi connectivity index (χ1) is 7.36. The fourth-order valence-electron chi connectivity index (χ4n) is 1.06. The molecule has 0 saturated carbocycles. The summed E-state index contributed by atoms with van der Waals surface area (Å²) in [6.45, 7) is 0. The maximum atomic E-state index is 11.6. The lowest BCUT2D eigenvalue weighted by Crippen LogP contribution is -2.12. The van der Waals surface area contributed by atoms with Gasteiger partial charge in [-0.3, -0.25) is 9.78 Å². The van der Waals surface area contributed by atoms with E-state index >= 15 is 0 Å². The summed E-state index contributed by atoms with van der Waals surface area (Å²) < 4.78 is 0. The molecule has 0 saturated heterocycles. The highest BCUT2D eigenvalue weighted by atomic mass is 16.1. The van der Waals surface area contributed by atoms with Crippen LogP contribution in [0.15, 0.2) is 43.2 Å². The summed E-state index contributed by atoms with van der Waals surface area (Å²) in [4.78, 5) is 23.0. The van der Waals surface area contributed by atoms with Gasteiger partial charge in [0, 0.05) is 12.4 Å². The van der Waals surface area contributed by atoms with Gasteiger partial charge in [0.2, 0.25) is 0 Å². The maximum Gasteiger partial charge on any atom is 0.257 e. The molecule has 5 nitrogen and oxygen atoms in total. The highest BCUT2D eigenvalue weighted by Gasteiger charge is 2.04. The molecule has 0 atom stereocenters. The normalized spacial score (nSPS) is 9.60. The molecule has 15 heavy (non-hydrogen) atoms. The van der Waals surface area contributed by atoms with Gasteiger partial charge in [0.1, 0.15) is 6.33 Å². The quantitative estimate of drug-likeness (QED) is 0.788. The van der Waals surface area contributed by atoms with E-state index in [0.29, 0.717) is 11.3 Å². The molecule has 0 bridgehead atoms. The molecule has 0 aromatic carbocycles. The molecule has 2 heterocycles. The zero-order valence-electron chi connectivity index (χ0n) is 7.79. The lowest BCUT2D eigenvalue weighted by Gasteiger charge is -2.02. The van der Waals surface area contributed by atoms with Crippen LogP contribution in [-0.4, -0.2) is 20.9 Å². The van der Waals surface area contributed by atoms with Crippen molar-refractivity contribution in [3.05, 3.63) is 48.8 Å². The highest BCUT2D eigenvalue weighted by Crippen LogP contribution is 2.04. The lowest BCUT2D eigenvalue weighted by molar-refractivity contribution is 0.102. The van der Waals surface area contributed by atoms with Crippen molar-refractivity contribution >= 4 is 11.6 Å². The molecule has 0 fully saturated rings. The Labute approximate surface area is 86.2 Å². The number of anilines is 1. The minimum absolute atomic E-state index is 0.224. The Balaban J connectivity index is 2.12. The van der Waals surface area contributed by atoms with Gasteiger partial charge in [0.05, 0.1) is 23.6 Å². The van der Waals surface area contributed by atoms with E-state index in [0.717, 1.165) is 0 Å². The summed E-state index contributed by atoms with van der Waals surface area (Å²) in [5.41, 5.74) is 1.06. The Morgan fingerprint density at radius 1 is 1.13 bits per heavy atom. The van der Waals surface area contributed by atoms with Crippen LogP contribution in [-0.2, 0) is 0 Å². The van der Waals surface area contributed by atoms with Crippen LogP contribution in [0.5, 0.6) is 0 Å². The summed E-state index contributed by atoms with van der Waals surface area (Å²) in [6.07, 6.45) is 7.57. The van der Waals surface area contributed by atoms with Gasteiger partial charge in [-0.1, -0.05) is 0 Å². The van der Waals surface area contributed by atoms with E-state index in [2.05, 4.69) is 20.3 Å². The van der Waals surface area contributed by atoms with Crippen LogP contribution in [0, 0.1) is 0 Å². The number of aromatic nitrogens is 3. The molecular weight excluding hydrogens is 192 g/mol. The summed E-state index contributed by atoms with van der Waals surface area (Å²) in [7, 11) is 0. The van der Waals surface area contributed by atoms with Crippen molar-refractivity contribution in [3.8, 4) is 0 Å². The number of pyridine rings is 1. The second-order valence-electron chi connectivity index (χ2n) is 2.82. The molecule has 1 amide bonds. The molecule has 0 aliphatic carbocycles. The molecule has 0 unspecified atom stereocenters. The molecule has 0 aliphatic rings. The van der Waals surface area contributed by atoms with Crippen LogP contribution in [0.2, 0.25) is 0 Å². The third-order valence-corrected chi connectivity index (χ3v) is 1.74. The monoisotopic (exact) mass is 200 g/mol.